The number of benzene rings is 3. The van der Waals surface area contributed by atoms with Crippen LogP contribution in [0.1, 0.15) is 125 Å². The number of ketones is 1. The van der Waals surface area contributed by atoms with Gasteiger partial charge in [-0.2, -0.15) is 5.26 Å². The lowest BCUT2D eigenvalue weighted by Crippen LogP contribution is -2.54. The van der Waals surface area contributed by atoms with Gasteiger partial charge < -0.3 is 14.8 Å². The zero-order chi connectivity index (χ0) is 43.4. The Morgan fingerprint density at radius 2 is 1.63 bits per heavy atom. The standard InChI is InChI=1S/C48H51N7O6S/c1-4-29-24-35-36(48(2,3)44-42(43(35)58)33-10-8-28(27-49)23-37(33)50-44)26-39(29)53-16-14-30(15-17-53)52-18-20-54(21-19-52)41(57)7-5-6-22-62-31-9-11-32-34(25-31)47(61)55(46(32)60)38-12-13-40(56)51-45(38)59/h8-11,23-26,30,38,50H,4-7,12-22H2,1-3H3,(H,51,56,59). The van der Waals surface area contributed by atoms with Gasteiger partial charge in [0.2, 0.25) is 17.7 Å². The largest absolute Gasteiger partial charge is 0.371 e. The van der Waals surface area contributed by atoms with Crippen LogP contribution in [-0.2, 0) is 26.2 Å². The summed E-state index contributed by atoms with van der Waals surface area (Å²) in [6.45, 7) is 11.6. The number of anilines is 1. The Bertz CT molecular complexity index is 2590. The maximum absolute atomic E-state index is 14.1. The first-order valence-electron chi connectivity index (χ1n) is 21.9. The summed E-state index contributed by atoms with van der Waals surface area (Å²) in [5.74, 6) is -1.07. The van der Waals surface area contributed by atoms with E-state index in [9.17, 15) is 34.0 Å². The highest BCUT2D eigenvalue weighted by Crippen LogP contribution is 2.46. The number of piperazine rings is 1. The number of nitriles is 1. The van der Waals surface area contributed by atoms with Crippen LogP contribution in [0.15, 0.2) is 53.4 Å². The van der Waals surface area contributed by atoms with Gasteiger partial charge in [0.1, 0.15) is 6.04 Å². The molecule has 1 aromatic heterocycles. The Morgan fingerprint density at radius 3 is 2.35 bits per heavy atom. The zero-order valence-corrected chi connectivity index (χ0v) is 36.3. The second-order valence-electron chi connectivity index (χ2n) is 17.7. The molecule has 9 rings (SSSR count). The van der Waals surface area contributed by atoms with Crippen molar-refractivity contribution in [2.24, 2.45) is 0 Å². The number of aromatic amines is 1. The van der Waals surface area contributed by atoms with Gasteiger partial charge >= 0.3 is 0 Å². The topological polar surface area (TPSA) is 167 Å². The molecule has 3 saturated heterocycles. The van der Waals surface area contributed by atoms with Crippen LogP contribution >= 0.6 is 11.8 Å². The third-order valence-corrected chi connectivity index (χ3v) is 14.8. The predicted molar refractivity (Wildman–Crippen MR) is 235 cm³/mol. The van der Waals surface area contributed by atoms with Gasteiger partial charge in [0.15, 0.2) is 5.78 Å². The molecule has 1 aliphatic carbocycles. The van der Waals surface area contributed by atoms with Crippen molar-refractivity contribution in [2.45, 2.75) is 94.5 Å². The third-order valence-electron chi connectivity index (χ3n) is 13.8. The summed E-state index contributed by atoms with van der Waals surface area (Å²) in [6.07, 6.45) is 5.18. The number of imide groups is 2. The normalized spacial score (nSPS) is 20.3. The van der Waals surface area contributed by atoms with Gasteiger partial charge in [0.25, 0.3) is 11.8 Å². The summed E-state index contributed by atoms with van der Waals surface area (Å²) in [5.41, 5.74) is 7.31. The fraction of sp³-hybridized carbons (Fsp3) is 0.438. The first-order valence-corrected chi connectivity index (χ1v) is 22.9. The van der Waals surface area contributed by atoms with Crippen LogP contribution < -0.4 is 10.2 Å². The number of amides is 5. The van der Waals surface area contributed by atoms with Gasteiger partial charge in [0, 0.05) is 96.3 Å². The number of aromatic nitrogens is 1. The Labute approximate surface area is 365 Å². The highest BCUT2D eigenvalue weighted by atomic mass is 32.2. The molecule has 4 aliphatic heterocycles. The molecule has 4 aromatic rings. The van der Waals surface area contributed by atoms with Crippen molar-refractivity contribution in [1.29, 1.82) is 5.26 Å². The summed E-state index contributed by atoms with van der Waals surface area (Å²) in [6, 6.07) is 16.7. The second kappa shape index (κ2) is 16.5. The molecule has 13 nitrogen and oxygen atoms in total. The number of fused-ring (bicyclic) bond motifs is 5. The maximum atomic E-state index is 14.1. The molecule has 5 amide bonds. The van der Waals surface area contributed by atoms with E-state index >= 15 is 0 Å². The summed E-state index contributed by atoms with van der Waals surface area (Å²) in [5, 5.41) is 12.6. The van der Waals surface area contributed by atoms with Crippen LogP contribution in [0.25, 0.3) is 10.9 Å². The molecule has 62 heavy (non-hydrogen) atoms. The van der Waals surface area contributed by atoms with Crippen molar-refractivity contribution in [3.05, 3.63) is 93.2 Å². The van der Waals surface area contributed by atoms with E-state index in [0.29, 0.717) is 23.6 Å². The van der Waals surface area contributed by atoms with Crippen molar-refractivity contribution in [2.75, 3.05) is 49.9 Å². The highest BCUT2D eigenvalue weighted by Gasteiger charge is 2.45. The molecule has 320 valence electrons. The minimum absolute atomic E-state index is 0.0385. The number of unbranched alkanes of at least 4 members (excludes halogenated alkanes) is 1. The summed E-state index contributed by atoms with van der Waals surface area (Å²) in [7, 11) is 0. The number of H-pyrrole nitrogens is 1. The third kappa shape index (κ3) is 7.28. The van der Waals surface area contributed by atoms with Gasteiger partial charge in [-0.25, -0.2) is 0 Å². The average Bonchev–Trinajstić information content (AvgIpc) is 3.79. The van der Waals surface area contributed by atoms with Crippen LogP contribution in [-0.4, -0.2) is 112 Å². The number of nitrogens with zero attached hydrogens (tertiary/aromatic N) is 5. The van der Waals surface area contributed by atoms with E-state index in [1.807, 2.05) is 23.1 Å². The molecule has 3 fully saturated rings. The lowest BCUT2D eigenvalue weighted by atomic mass is 9.70. The molecule has 14 heteroatoms. The molecule has 5 heterocycles. The quantitative estimate of drug-likeness (QED) is 0.111. The molecule has 2 N–H and O–H groups in total. The van der Waals surface area contributed by atoms with Crippen LogP contribution in [0.5, 0.6) is 0 Å². The number of nitrogens with one attached hydrogen (secondary N) is 2. The fourth-order valence-corrected chi connectivity index (χ4v) is 11.2. The Balaban J connectivity index is 0.739. The van der Waals surface area contributed by atoms with Crippen molar-refractivity contribution in [3.8, 4) is 6.07 Å². The highest BCUT2D eigenvalue weighted by molar-refractivity contribution is 7.99. The molecule has 0 bridgehead atoms. The minimum Gasteiger partial charge on any atom is -0.371 e. The van der Waals surface area contributed by atoms with E-state index in [1.54, 1.807) is 30.0 Å². The Kier molecular flexibility index (Phi) is 11.1. The maximum Gasteiger partial charge on any atom is 0.262 e. The predicted octanol–water partition coefficient (Wildman–Crippen LogP) is 5.95. The first kappa shape index (κ1) is 41.6. The van der Waals surface area contributed by atoms with Crippen LogP contribution in [0, 0.1) is 11.3 Å². The summed E-state index contributed by atoms with van der Waals surface area (Å²) >= 11 is 1.57. The van der Waals surface area contributed by atoms with Crippen molar-refractivity contribution in [3.63, 3.8) is 0 Å². The number of hydrogen-bond donors (Lipinski definition) is 2. The fourth-order valence-electron chi connectivity index (χ4n) is 10.2. The van der Waals surface area contributed by atoms with Gasteiger partial charge in [-0.3, -0.25) is 43.9 Å². The lowest BCUT2D eigenvalue weighted by Gasteiger charge is -2.44. The van der Waals surface area contributed by atoms with E-state index in [1.165, 1.54) is 11.3 Å². The molecule has 1 unspecified atom stereocenters. The molecular formula is C48H51N7O6S. The number of carbonyl (C=O) groups is 6. The smallest absolute Gasteiger partial charge is 0.262 e. The lowest BCUT2D eigenvalue weighted by molar-refractivity contribution is -0.136. The van der Waals surface area contributed by atoms with E-state index in [-0.39, 0.29) is 35.7 Å². The second-order valence-corrected chi connectivity index (χ2v) is 18.8. The summed E-state index contributed by atoms with van der Waals surface area (Å²) in [4.78, 5) is 89.9. The van der Waals surface area contributed by atoms with Gasteiger partial charge in [-0.1, -0.05) is 26.8 Å². The SMILES string of the molecule is CCc1cc2c(cc1N1CCC(N3CCN(C(=O)CCCCSc4ccc5c(c4)C(=O)N(C4CCC(=O)NC4=O)C5=O)CC3)CC1)C(C)(C)c1[nH]c3cc(C#N)ccc3c1C2=O. The molecule has 0 radical (unpaired) electrons. The zero-order valence-electron chi connectivity index (χ0n) is 35.5. The molecular weight excluding hydrogens is 803 g/mol. The number of carbonyl (C=O) groups excluding carboxylic acids is 6. The van der Waals surface area contributed by atoms with Gasteiger partial charge in [-0.15, -0.1) is 11.8 Å². The average molecular weight is 854 g/mol. The molecule has 5 aliphatic rings. The summed E-state index contributed by atoms with van der Waals surface area (Å²) < 4.78 is 0. The van der Waals surface area contributed by atoms with Gasteiger partial charge in [0.05, 0.1) is 28.3 Å². The molecule has 0 saturated carbocycles. The van der Waals surface area contributed by atoms with Crippen molar-refractivity contribution < 1.29 is 28.8 Å². The van der Waals surface area contributed by atoms with E-state index in [2.05, 4.69) is 59.1 Å². The van der Waals surface area contributed by atoms with E-state index in [4.69, 9.17) is 0 Å². The number of thioether (sulfide) groups is 1. The first-order chi connectivity index (χ1) is 29.9. The Morgan fingerprint density at radius 1 is 0.871 bits per heavy atom. The van der Waals surface area contributed by atoms with E-state index < -0.39 is 35.1 Å². The monoisotopic (exact) mass is 853 g/mol. The van der Waals surface area contributed by atoms with Crippen LogP contribution in [0.4, 0.5) is 5.69 Å². The molecule has 3 aromatic carbocycles. The van der Waals surface area contributed by atoms with Gasteiger partial charge in [-0.05, 0) is 97.9 Å². The molecule has 1 atom stereocenters. The van der Waals surface area contributed by atoms with Crippen molar-refractivity contribution in [1.82, 2.24) is 25.0 Å². The number of rotatable bonds is 10. The van der Waals surface area contributed by atoms with Crippen LogP contribution in [0.2, 0.25) is 0 Å². The number of hydrogen-bond acceptors (Lipinski definition) is 10. The van der Waals surface area contributed by atoms with Crippen molar-refractivity contribution >= 4 is 63.7 Å². The number of aryl methyl sites for hydroxylation is 1. The van der Waals surface area contributed by atoms with E-state index in [0.717, 1.165) is 115 Å². The molecule has 0 spiro atoms. The van der Waals surface area contributed by atoms with Crippen LogP contribution in [0.3, 0.4) is 0 Å². The number of piperidine rings is 2. The minimum atomic E-state index is -0.986. The Hall–Kier alpha value is -5.78.